The van der Waals surface area contributed by atoms with Crippen LogP contribution >= 0.6 is 7.82 Å². The van der Waals surface area contributed by atoms with Crippen molar-refractivity contribution in [3.05, 3.63) is 31.3 Å². The van der Waals surface area contributed by atoms with Crippen molar-refractivity contribution in [3.8, 4) is 0 Å². The largest absolute Gasteiger partial charge is 0.469 e. The topological polar surface area (TPSA) is 189 Å². The summed E-state index contributed by atoms with van der Waals surface area (Å²) in [6.45, 7) is -0.613. The predicted octanol–water partition coefficient (Wildman–Crippen LogP) is -2.53. The van der Waals surface area contributed by atoms with E-state index in [2.05, 4.69) is 9.51 Å². The average molecular weight is 378 g/mol. The first-order chi connectivity index (χ1) is 11.6. The monoisotopic (exact) mass is 378 g/mol. The minimum atomic E-state index is -4.85. The Morgan fingerprint density at radius 3 is 2.56 bits per heavy atom. The Bertz CT molecular complexity index is 1030. The molecule has 2 aromatic heterocycles. The van der Waals surface area contributed by atoms with Crippen molar-refractivity contribution >= 4 is 19.0 Å². The summed E-state index contributed by atoms with van der Waals surface area (Å²) < 4.78 is 23.0. The lowest BCUT2D eigenvalue weighted by atomic mass is 10.2. The number of phosphoric ester groups is 1. The van der Waals surface area contributed by atoms with E-state index in [1.807, 2.05) is 4.98 Å². The zero-order valence-corrected chi connectivity index (χ0v) is 13.7. The SMILES string of the molecule is Cn1c(=O)[nH]c(=O)c2[nH]c(=O)n([C@H]3C[C@H](OP(=O)(O)O)[C@@H](CO)O3)c21. The van der Waals surface area contributed by atoms with Gasteiger partial charge in [-0.25, -0.2) is 14.2 Å². The number of aromatic amines is 2. The molecular weight excluding hydrogens is 363 g/mol. The molecule has 13 nitrogen and oxygen atoms in total. The average Bonchev–Trinajstić information content (AvgIpc) is 3.04. The summed E-state index contributed by atoms with van der Waals surface area (Å²) in [6, 6.07) is 0. The van der Waals surface area contributed by atoms with E-state index >= 15 is 0 Å². The van der Waals surface area contributed by atoms with Gasteiger partial charge in [0.05, 0.1) is 6.61 Å². The molecule has 25 heavy (non-hydrogen) atoms. The fraction of sp³-hybridized carbons (Fsp3) is 0.545. The Morgan fingerprint density at radius 2 is 1.96 bits per heavy atom. The summed E-state index contributed by atoms with van der Waals surface area (Å²) in [5.41, 5.74) is -2.54. The number of nitrogens with one attached hydrogen (secondary N) is 2. The highest BCUT2D eigenvalue weighted by Crippen LogP contribution is 2.43. The molecule has 0 saturated carbocycles. The van der Waals surface area contributed by atoms with Crippen LogP contribution in [-0.2, 0) is 20.9 Å². The number of fused-ring (bicyclic) bond motifs is 1. The molecule has 0 radical (unpaired) electrons. The van der Waals surface area contributed by atoms with Crippen LogP contribution in [0.25, 0.3) is 11.2 Å². The van der Waals surface area contributed by atoms with Crippen LogP contribution < -0.4 is 16.9 Å². The number of phosphoric acid groups is 1. The molecule has 138 valence electrons. The summed E-state index contributed by atoms with van der Waals surface area (Å²) in [4.78, 5) is 58.1. The lowest BCUT2D eigenvalue weighted by molar-refractivity contribution is -0.0436. The molecule has 0 amide bonds. The summed E-state index contributed by atoms with van der Waals surface area (Å²) >= 11 is 0. The van der Waals surface area contributed by atoms with Gasteiger partial charge in [0.25, 0.3) is 5.56 Å². The molecule has 3 rings (SSSR count). The van der Waals surface area contributed by atoms with Crippen LogP contribution in [0, 0.1) is 0 Å². The van der Waals surface area contributed by atoms with E-state index in [1.165, 1.54) is 7.05 Å². The third kappa shape index (κ3) is 3.13. The second kappa shape index (κ2) is 6.05. The Hall–Kier alpha value is -2.02. The summed E-state index contributed by atoms with van der Waals surface area (Å²) in [5, 5.41) is 9.31. The molecule has 0 aromatic carbocycles. The third-order valence-corrected chi connectivity index (χ3v) is 4.44. The zero-order valence-electron chi connectivity index (χ0n) is 12.8. The van der Waals surface area contributed by atoms with Gasteiger partial charge in [0.15, 0.2) is 11.2 Å². The molecule has 1 aliphatic heterocycles. The molecule has 1 fully saturated rings. The van der Waals surface area contributed by atoms with Gasteiger partial charge >= 0.3 is 19.2 Å². The van der Waals surface area contributed by atoms with Gasteiger partial charge < -0.3 is 19.6 Å². The highest BCUT2D eigenvalue weighted by atomic mass is 31.2. The molecule has 2 aromatic rings. The molecular formula is C11H15N4O9P. The zero-order chi connectivity index (χ0) is 18.5. The van der Waals surface area contributed by atoms with Gasteiger partial charge in [-0.3, -0.25) is 28.4 Å². The highest BCUT2D eigenvalue weighted by Gasteiger charge is 2.41. The van der Waals surface area contributed by atoms with Crippen molar-refractivity contribution in [1.29, 1.82) is 0 Å². The Labute approximate surface area is 137 Å². The standard InChI is InChI=1S/C11H15N4O9P/c1-14-9-7(8(17)13-10(14)18)12-11(19)15(9)6-2-4(5(3-16)23-6)24-25(20,21)22/h4-6,16H,2-3H2,1H3,(H,12,19)(H,13,17,18)(H2,20,21,22)/t4-,5+,6+/m0/s1. The lowest BCUT2D eigenvalue weighted by Crippen LogP contribution is -2.31. The van der Waals surface area contributed by atoms with Crippen LogP contribution in [0.5, 0.6) is 0 Å². The van der Waals surface area contributed by atoms with Gasteiger partial charge in [0, 0.05) is 13.5 Å². The van der Waals surface area contributed by atoms with Crippen molar-refractivity contribution in [2.45, 2.75) is 24.9 Å². The fourth-order valence-electron chi connectivity index (χ4n) is 2.84. The van der Waals surface area contributed by atoms with Crippen LogP contribution in [0.4, 0.5) is 0 Å². The number of aromatic nitrogens is 4. The van der Waals surface area contributed by atoms with E-state index in [4.69, 9.17) is 14.5 Å². The minimum absolute atomic E-state index is 0.0581. The predicted molar refractivity (Wildman–Crippen MR) is 81.0 cm³/mol. The molecule has 0 spiro atoms. The summed E-state index contributed by atoms with van der Waals surface area (Å²) in [7, 11) is -3.52. The van der Waals surface area contributed by atoms with E-state index in [0.717, 1.165) is 9.13 Å². The molecule has 5 N–H and O–H groups in total. The number of aliphatic hydroxyl groups is 1. The number of hydrogen-bond donors (Lipinski definition) is 5. The van der Waals surface area contributed by atoms with Gasteiger partial charge in [0.1, 0.15) is 18.4 Å². The van der Waals surface area contributed by atoms with Crippen molar-refractivity contribution in [2.24, 2.45) is 7.05 Å². The lowest BCUT2D eigenvalue weighted by Gasteiger charge is -2.16. The van der Waals surface area contributed by atoms with Crippen LogP contribution in [0.1, 0.15) is 12.6 Å². The van der Waals surface area contributed by atoms with Crippen LogP contribution in [0.2, 0.25) is 0 Å². The summed E-state index contributed by atoms with van der Waals surface area (Å²) in [5.74, 6) is 0. The molecule has 1 saturated heterocycles. The molecule has 0 bridgehead atoms. The second-order valence-electron chi connectivity index (χ2n) is 5.50. The van der Waals surface area contributed by atoms with Crippen molar-refractivity contribution in [3.63, 3.8) is 0 Å². The van der Waals surface area contributed by atoms with Crippen molar-refractivity contribution < 1.29 is 28.7 Å². The molecule has 3 atom stereocenters. The van der Waals surface area contributed by atoms with Gasteiger partial charge in [-0.2, -0.15) is 0 Å². The van der Waals surface area contributed by atoms with Crippen LogP contribution in [0.3, 0.4) is 0 Å². The highest BCUT2D eigenvalue weighted by molar-refractivity contribution is 7.46. The number of ether oxygens (including phenoxy) is 1. The number of H-pyrrole nitrogens is 2. The second-order valence-corrected chi connectivity index (χ2v) is 6.69. The summed E-state index contributed by atoms with van der Waals surface area (Å²) in [6.07, 6.45) is -3.59. The Balaban J connectivity index is 2.10. The number of nitrogens with zero attached hydrogens (tertiary/aromatic N) is 2. The van der Waals surface area contributed by atoms with Gasteiger partial charge in [-0.05, 0) is 0 Å². The fourth-order valence-corrected chi connectivity index (χ4v) is 3.42. The maximum atomic E-state index is 12.2. The van der Waals surface area contributed by atoms with Crippen LogP contribution in [0.15, 0.2) is 14.4 Å². The molecule has 0 aliphatic carbocycles. The molecule has 3 heterocycles. The van der Waals surface area contributed by atoms with Crippen molar-refractivity contribution in [2.75, 3.05) is 6.61 Å². The van der Waals surface area contributed by atoms with Gasteiger partial charge in [0.2, 0.25) is 0 Å². The molecule has 1 aliphatic rings. The van der Waals surface area contributed by atoms with E-state index in [-0.39, 0.29) is 17.6 Å². The van der Waals surface area contributed by atoms with Crippen molar-refractivity contribution in [1.82, 2.24) is 19.1 Å². The van der Waals surface area contributed by atoms with E-state index < -0.39 is 49.8 Å². The Morgan fingerprint density at radius 1 is 1.28 bits per heavy atom. The Kier molecular flexibility index (Phi) is 4.31. The minimum Gasteiger partial charge on any atom is -0.394 e. The van der Waals surface area contributed by atoms with E-state index in [0.29, 0.717) is 0 Å². The maximum Gasteiger partial charge on any atom is 0.469 e. The van der Waals surface area contributed by atoms with Gasteiger partial charge in [-0.15, -0.1) is 0 Å². The third-order valence-electron chi connectivity index (χ3n) is 3.89. The first-order valence-corrected chi connectivity index (χ1v) is 8.59. The first kappa shape index (κ1) is 17.8. The van der Waals surface area contributed by atoms with Crippen LogP contribution in [-0.4, -0.2) is 52.8 Å². The van der Waals surface area contributed by atoms with Gasteiger partial charge in [-0.1, -0.05) is 0 Å². The normalized spacial score (nSPS) is 24.2. The van der Waals surface area contributed by atoms with E-state index in [1.54, 1.807) is 0 Å². The number of imidazole rings is 1. The number of aryl methyl sites for hydroxylation is 1. The molecule has 0 unspecified atom stereocenters. The number of aliphatic hydroxyl groups excluding tert-OH is 1. The quantitative estimate of drug-likeness (QED) is 0.357. The molecule has 14 heteroatoms. The smallest absolute Gasteiger partial charge is 0.394 e. The van der Waals surface area contributed by atoms with E-state index in [9.17, 15) is 24.1 Å². The number of hydrogen-bond acceptors (Lipinski definition) is 7. The first-order valence-electron chi connectivity index (χ1n) is 7.06. The number of rotatable bonds is 4. The maximum absolute atomic E-state index is 12.2.